The van der Waals surface area contributed by atoms with Crippen molar-refractivity contribution in [3.05, 3.63) is 19.9 Å². The Hall–Kier alpha value is 0.350. The van der Waals surface area contributed by atoms with Crippen LogP contribution in [-0.2, 0) is 4.74 Å². The lowest BCUT2D eigenvalue weighted by atomic mass is 10.0. The molecular weight excluding hydrogens is 357 g/mol. The van der Waals surface area contributed by atoms with Gasteiger partial charge in [0.25, 0.3) is 0 Å². The molecule has 2 nitrogen and oxygen atoms in total. The SMILES string of the molecule is CCNC(CCCC1CCCO1)c1csc(I)c1. The molecular formula is C14H22INOS. The molecule has 4 heteroatoms. The van der Waals surface area contributed by atoms with Crippen LogP contribution >= 0.6 is 33.9 Å². The zero-order chi connectivity index (χ0) is 12.8. The molecule has 102 valence electrons. The van der Waals surface area contributed by atoms with E-state index in [1.165, 1.54) is 40.6 Å². The summed E-state index contributed by atoms with van der Waals surface area (Å²) in [5.74, 6) is 0. The molecule has 1 fully saturated rings. The third-order valence-electron chi connectivity index (χ3n) is 3.48. The number of nitrogens with one attached hydrogen (secondary N) is 1. The van der Waals surface area contributed by atoms with E-state index in [0.717, 1.165) is 13.2 Å². The number of ether oxygens (including phenoxy) is 1. The summed E-state index contributed by atoms with van der Waals surface area (Å²) in [6.45, 7) is 4.20. The van der Waals surface area contributed by atoms with E-state index in [-0.39, 0.29) is 0 Å². The molecule has 2 unspecified atom stereocenters. The largest absolute Gasteiger partial charge is 0.378 e. The molecule has 1 aliphatic heterocycles. The lowest BCUT2D eigenvalue weighted by molar-refractivity contribution is 0.101. The predicted octanol–water partition coefficient (Wildman–Crippen LogP) is 4.35. The first kappa shape index (κ1) is 14.8. The summed E-state index contributed by atoms with van der Waals surface area (Å²) in [6, 6.07) is 2.83. The van der Waals surface area contributed by atoms with Crippen LogP contribution in [0.5, 0.6) is 0 Å². The summed E-state index contributed by atoms with van der Waals surface area (Å²) >= 11 is 4.24. The molecule has 0 aromatic carbocycles. The summed E-state index contributed by atoms with van der Waals surface area (Å²) in [6.07, 6.45) is 6.76. The number of halogens is 1. The Kier molecular flexibility index (Phi) is 6.41. The normalized spacial score (nSPS) is 21.3. The standard InChI is InChI=1S/C14H22INOS/c1-2-16-13(11-9-14(15)18-10-11)7-3-5-12-6-4-8-17-12/h9-10,12-13,16H,2-8H2,1H3. The molecule has 0 radical (unpaired) electrons. The lowest BCUT2D eigenvalue weighted by Gasteiger charge is -2.17. The maximum atomic E-state index is 5.68. The van der Waals surface area contributed by atoms with Crippen molar-refractivity contribution in [2.45, 2.75) is 51.2 Å². The average Bonchev–Trinajstić information content (AvgIpc) is 2.99. The summed E-state index contributed by atoms with van der Waals surface area (Å²) in [4.78, 5) is 0. The van der Waals surface area contributed by atoms with E-state index in [2.05, 4.69) is 46.3 Å². The Labute approximate surface area is 128 Å². The van der Waals surface area contributed by atoms with E-state index >= 15 is 0 Å². The van der Waals surface area contributed by atoms with Crippen LogP contribution in [0.4, 0.5) is 0 Å². The smallest absolute Gasteiger partial charge is 0.0656 e. The van der Waals surface area contributed by atoms with Crippen molar-refractivity contribution in [2.24, 2.45) is 0 Å². The van der Waals surface area contributed by atoms with Crippen molar-refractivity contribution < 1.29 is 4.74 Å². The number of rotatable bonds is 7. The minimum atomic E-state index is 0.524. The molecule has 0 spiro atoms. The van der Waals surface area contributed by atoms with Crippen LogP contribution in [0.2, 0.25) is 0 Å². The number of hydrogen-bond donors (Lipinski definition) is 1. The van der Waals surface area contributed by atoms with Crippen LogP contribution in [-0.4, -0.2) is 19.3 Å². The zero-order valence-electron chi connectivity index (χ0n) is 11.0. The minimum Gasteiger partial charge on any atom is -0.378 e. The second kappa shape index (κ2) is 7.82. The van der Waals surface area contributed by atoms with Crippen molar-refractivity contribution in [1.82, 2.24) is 5.32 Å². The molecule has 0 amide bonds. The molecule has 2 rings (SSSR count). The predicted molar refractivity (Wildman–Crippen MR) is 86.3 cm³/mol. The third-order valence-corrected chi connectivity index (χ3v) is 5.29. The van der Waals surface area contributed by atoms with Gasteiger partial charge in [0.2, 0.25) is 0 Å². The number of thiophene rings is 1. The minimum absolute atomic E-state index is 0.524. The number of hydrogen-bond acceptors (Lipinski definition) is 3. The topological polar surface area (TPSA) is 21.3 Å². The molecule has 1 aromatic heterocycles. The van der Waals surface area contributed by atoms with Gasteiger partial charge in [-0.15, -0.1) is 11.3 Å². The van der Waals surface area contributed by atoms with Gasteiger partial charge in [-0.3, -0.25) is 0 Å². The molecule has 1 aromatic rings. The van der Waals surface area contributed by atoms with Crippen LogP contribution in [0.3, 0.4) is 0 Å². The zero-order valence-corrected chi connectivity index (χ0v) is 13.9. The summed E-state index contributed by atoms with van der Waals surface area (Å²) < 4.78 is 7.06. The molecule has 1 aliphatic rings. The molecule has 0 aliphatic carbocycles. The van der Waals surface area contributed by atoms with Gasteiger partial charge in [0.15, 0.2) is 0 Å². The summed E-state index contributed by atoms with van der Waals surface area (Å²) in [5, 5.41) is 5.89. The second-order valence-electron chi connectivity index (χ2n) is 4.86. The van der Waals surface area contributed by atoms with Gasteiger partial charge in [0, 0.05) is 12.6 Å². The molecule has 0 saturated carbocycles. The first-order valence-electron chi connectivity index (χ1n) is 6.88. The fourth-order valence-corrected chi connectivity index (χ4v) is 3.99. The van der Waals surface area contributed by atoms with Gasteiger partial charge in [0.1, 0.15) is 0 Å². The van der Waals surface area contributed by atoms with Crippen LogP contribution in [0, 0.1) is 2.88 Å². The van der Waals surface area contributed by atoms with E-state index in [9.17, 15) is 0 Å². The van der Waals surface area contributed by atoms with Crippen molar-refractivity contribution in [2.75, 3.05) is 13.2 Å². The Morgan fingerprint density at radius 2 is 2.50 bits per heavy atom. The lowest BCUT2D eigenvalue weighted by Crippen LogP contribution is -2.20. The fraction of sp³-hybridized carbons (Fsp3) is 0.714. The van der Waals surface area contributed by atoms with Gasteiger partial charge < -0.3 is 10.1 Å². The maximum absolute atomic E-state index is 5.68. The Balaban J connectivity index is 1.78. The van der Waals surface area contributed by atoms with Crippen molar-refractivity contribution >= 4 is 33.9 Å². The highest BCUT2D eigenvalue weighted by Gasteiger charge is 2.17. The van der Waals surface area contributed by atoms with Crippen molar-refractivity contribution in [3.8, 4) is 0 Å². The van der Waals surface area contributed by atoms with E-state index < -0.39 is 0 Å². The molecule has 2 heterocycles. The molecule has 18 heavy (non-hydrogen) atoms. The van der Waals surface area contributed by atoms with E-state index in [0.29, 0.717) is 12.1 Å². The fourth-order valence-electron chi connectivity index (χ4n) is 2.56. The van der Waals surface area contributed by atoms with Crippen molar-refractivity contribution in [3.63, 3.8) is 0 Å². The van der Waals surface area contributed by atoms with Gasteiger partial charge in [-0.1, -0.05) is 6.92 Å². The molecule has 1 N–H and O–H groups in total. The van der Waals surface area contributed by atoms with Gasteiger partial charge >= 0.3 is 0 Å². The van der Waals surface area contributed by atoms with Crippen molar-refractivity contribution in [1.29, 1.82) is 0 Å². The van der Waals surface area contributed by atoms with Gasteiger partial charge in [-0.25, -0.2) is 0 Å². The van der Waals surface area contributed by atoms with Crippen LogP contribution in [0.15, 0.2) is 11.4 Å². The average molecular weight is 379 g/mol. The van der Waals surface area contributed by atoms with Gasteiger partial charge in [-0.2, -0.15) is 0 Å². The first-order valence-corrected chi connectivity index (χ1v) is 8.84. The van der Waals surface area contributed by atoms with Crippen LogP contribution in [0.25, 0.3) is 0 Å². The van der Waals surface area contributed by atoms with Crippen LogP contribution in [0.1, 0.15) is 50.6 Å². The molecule has 1 saturated heterocycles. The molecule has 0 bridgehead atoms. The Morgan fingerprint density at radius 3 is 3.11 bits per heavy atom. The third kappa shape index (κ3) is 4.47. The summed E-state index contributed by atoms with van der Waals surface area (Å²) in [7, 11) is 0. The highest BCUT2D eigenvalue weighted by atomic mass is 127. The Morgan fingerprint density at radius 1 is 1.61 bits per heavy atom. The van der Waals surface area contributed by atoms with E-state index in [1.807, 2.05) is 11.3 Å². The van der Waals surface area contributed by atoms with Crippen LogP contribution < -0.4 is 5.32 Å². The quantitative estimate of drug-likeness (QED) is 0.712. The van der Waals surface area contributed by atoms with E-state index in [4.69, 9.17) is 4.74 Å². The monoisotopic (exact) mass is 379 g/mol. The van der Waals surface area contributed by atoms with Gasteiger partial charge in [0.05, 0.1) is 8.99 Å². The first-order chi connectivity index (χ1) is 8.79. The van der Waals surface area contributed by atoms with Gasteiger partial charge in [-0.05, 0) is 78.2 Å². The Bertz CT molecular complexity index is 349. The highest BCUT2D eigenvalue weighted by Crippen LogP contribution is 2.27. The highest BCUT2D eigenvalue weighted by molar-refractivity contribution is 14.1. The second-order valence-corrected chi connectivity index (χ2v) is 7.67. The summed E-state index contributed by atoms with van der Waals surface area (Å²) in [5.41, 5.74) is 1.46. The van der Waals surface area contributed by atoms with E-state index in [1.54, 1.807) is 0 Å². The molecule has 2 atom stereocenters. The maximum Gasteiger partial charge on any atom is 0.0656 e.